The zero-order valence-electron chi connectivity index (χ0n) is 21.4. The van der Waals surface area contributed by atoms with Crippen LogP contribution < -0.4 is 20.7 Å². The Balaban J connectivity index is 1.45. The van der Waals surface area contributed by atoms with E-state index in [-0.39, 0.29) is 58.9 Å². The van der Waals surface area contributed by atoms with Crippen LogP contribution in [-0.4, -0.2) is 80.5 Å². The molecule has 5 rings (SSSR count). The summed E-state index contributed by atoms with van der Waals surface area (Å²) in [5.74, 6) is -3.57. The third kappa shape index (κ3) is 6.18. The molecule has 0 unspecified atom stereocenters. The molecular weight excluding hydrogens is 523 g/mol. The van der Waals surface area contributed by atoms with Gasteiger partial charge < -0.3 is 40.3 Å². The van der Waals surface area contributed by atoms with E-state index in [9.17, 15) is 24.6 Å². The van der Waals surface area contributed by atoms with Crippen molar-refractivity contribution >= 4 is 42.8 Å². The van der Waals surface area contributed by atoms with Crippen LogP contribution in [0.4, 0.5) is 17.2 Å². The number of nitrogens with zero attached hydrogens (tertiary/aromatic N) is 5. The molecule has 15 nitrogen and oxygen atoms in total. The van der Waals surface area contributed by atoms with Gasteiger partial charge in [0, 0.05) is 24.9 Å². The number of hydrogen-bond donors (Lipinski definition) is 5. The molecule has 5 N–H and O–H groups in total. The summed E-state index contributed by atoms with van der Waals surface area (Å²) in [7, 11) is 6.52. The quantitative estimate of drug-likeness (QED) is 0.171. The van der Waals surface area contributed by atoms with Gasteiger partial charge in [0.15, 0.2) is 30.9 Å². The fraction of sp³-hybridized carbons (Fsp3) is 0.375. The molecule has 3 heterocycles. The van der Waals surface area contributed by atoms with Crippen molar-refractivity contribution in [3.05, 3.63) is 35.9 Å². The highest BCUT2D eigenvalue weighted by atomic mass is 16.5. The van der Waals surface area contributed by atoms with Crippen molar-refractivity contribution in [3.63, 3.8) is 0 Å². The predicted molar refractivity (Wildman–Crippen MR) is 138 cm³/mol. The molecule has 2 radical (unpaired) electrons. The first-order valence-electron chi connectivity index (χ1n) is 12.4. The van der Waals surface area contributed by atoms with Gasteiger partial charge in [0.1, 0.15) is 0 Å². The van der Waals surface area contributed by atoms with Gasteiger partial charge >= 0.3 is 0 Å². The number of anilines is 3. The minimum absolute atomic E-state index is 0.0243. The van der Waals surface area contributed by atoms with Crippen LogP contribution in [0.5, 0.6) is 5.75 Å². The highest BCUT2D eigenvalue weighted by Crippen LogP contribution is 2.37. The molecule has 1 aliphatic heterocycles. The third-order valence-electron chi connectivity index (χ3n) is 6.20. The van der Waals surface area contributed by atoms with Crippen molar-refractivity contribution in [3.8, 4) is 17.1 Å². The number of benzene rings is 1. The summed E-state index contributed by atoms with van der Waals surface area (Å²) in [4.78, 5) is 43.0. The van der Waals surface area contributed by atoms with Crippen molar-refractivity contribution in [2.24, 2.45) is 5.92 Å². The zero-order chi connectivity index (χ0) is 28.4. The number of methoxy groups -OCH3 is 1. The maximum atomic E-state index is 12.7. The van der Waals surface area contributed by atoms with Crippen LogP contribution in [0.2, 0.25) is 0 Å². The van der Waals surface area contributed by atoms with E-state index < -0.39 is 11.7 Å². The SMILES string of the molecule is [B]C(O)(O)NC(=O)c1nnc(NC(=O)C2CC2)cc1Nc1cccc(-c2noc(CN3CCCC3=O)n2)c1OC. The van der Waals surface area contributed by atoms with Crippen LogP contribution in [-0.2, 0) is 16.1 Å². The smallest absolute Gasteiger partial charge is 0.277 e. The van der Waals surface area contributed by atoms with Gasteiger partial charge in [-0.2, -0.15) is 4.98 Å². The number of nitrogens with one attached hydrogen (secondary N) is 3. The first-order chi connectivity index (χ1) is 19.1. The lowest BCUT2D eigenvalue weighted by Crippen LogP contribution is -2.49. The number of amides is 3. The summed E-state index contributed by atoms with van der Waals surface area (Å²) in [5.41, 5.74) is 0.471. The van der Waals surface area contributed by atoms with Gasteiger partial charge in [-0.1, -0.05) is 11.2 Å². The number of aliphatic hydroxyl groups is 2. The minimum Gasteiger partial charge on any atom is -0.494 e. The maximum absolute atomic E-state index is 12.7. The summed E-state index contributed by atoms with van der Waals surface area (Å²) in [5, 5.41) is 38.1. The Morgan fingerprint density at radius 2 is 2.05 bits per heavy atom. The van der Waals surface area contributed by atoms with Crippen LogP contribution in [0, 0.1) is 5.92 Å². The van der Waals surface area contributed by atoms with E-state index in [0.717, 1.165) is 19.3 Å². The molecule has 3 aromatic rings. The lowest BCUT2D eigenvalue weighted by Gasteiger charge is -2.20. The number of likely N-dealkylation sites (tertiary alicyclic amines) is 1. The number of ether oxygens (including phenoxy) is 1. The molecule has 1 aromatic carbocycles. The topological polar surface area (TPSA) is 205 Å². The van der Waals surface area contributed by atoms with E-state index >= 15 is 0 Å². The van der Waals surface area contributed by atoms with Gasteiger partial charge in [0.2, 0.25) is 23.5 Å². The molecule has 2 aliphatic rings. The van der Waals surface area contributed by atoms with E-state index in [1.807, 2.05) is 0 Å². The van der Waals surface area contributed by atoms with Crippen molar-refractivity contribution in [2.75, 3.05) is 24.3 Å². The van der Waals surface area contributed by atoms with Crippen molar-refractivity contribution < 1.29 is 33.9 Å². The Morgan fingerprint density at radius 3 is 2.73 bits per heavy atom. The fourth-order valence-electron chi connectivity index (χ4n) is 4.16. The monoisotopic (exact) mass is 548 g/mol. The number of rotatable bonds is 10. The Bertz CT molecular complexity index is 1450. The minimum atomic E-state index is -3.01. The van der Waals surface area contributed by atoms with Crippen molar-refractivity contribution in [2.45, 2.75) is 38.0 Å². The average Bonchev–Trinajstić information content (AvgIpc) is 3.53. The molecule has 16 heteroatoms. The van der Waals surface area contributed by atoms with Crippen LogP contribution in [0.3, 0.4) is 0 Å². The van der Waals surface area contributed by atoms with E-state index in [4.69, 9.17) is 17.1 Å². The Morgan fingerprint density at radius 1 is 1.25 bits per heavy atom. The molecule has 206 valence electrons. The van der Waals surface area contributed by atoms with Crippen LogP contribution in [0.1, 0.15) is 42.1 Å². The summed E-state index contributed by atoms with van der Waals surface area (Å²) in [6.45, 7) is 0.817. The van der Waals surface area contributed by atoms with E-state index in [2.05, 4.69) is 31.0 Å². The molecule has 1 aliphatic carbocycles. The molecule has 1 saturated heterocycles. The lowest BCUT2D eigenvalue weighted by atomic mass is 10.0. The second-order valence-electron chi connectivity index (χ2n) is 9.38. The Kier molecular flexibility index (Phi) is 7.36. The lowest BCUT2D eigenvalue weighted by molar-refractivity contribution is -0.128. The Hall–Kier alpha value is -4.57. The first-order valence-corrected chi connectivity index (χ1v) is 12.4. The maximum Gasteiger partial charge on any atom is 0.277 e. The van der Waals surface area contributed by atoms with E-state index in [1.165, 1.54) is 13.2 Å². The number of hydrogen-bond acceptors (Lipinski definition) is 12. The predicted octanol–water partition coefficient (Wildman–Crippen LogP) is 0.244. The first kappa shape index (κ1) is 27.0. The molecule has 0 atom stereocenters. The molecule has 2 fully saturated rings. The van der Waals surface area contributed by atoms with E-state index in [0.29, 0.717) is 24.2 Å². The number of carbonyl (C=O) groups excluding carboxylic acids is 3. The van der Waals surface area contributed by atoms with E-state index in [1.54, 1.807) is 28.4 Å². The fourth-order valence-corrected chi connectivity index (χ4v) is 4.16. The van der Waals surface area contributed by atoms with Gasteiger partial charge in [-0.05, 0) is 31.4 Å². The summed E-state index contributed by atoms with van der Waals surface area (Å²) >= 11 is 0. The summed E-state index contributed by atoms with van der Waals surface area (Å²) in [6.07, 6.45) is 2.81. The molecule has 2 aromatic heterocycles. The zero-order valence-corrected chi connectivity index (χ0v) is 21.4. The van der Waals surface area contributed by atoms with Crippen molar-refractivity contribution in [1.82, 2.24) is 30.6 Å². The second-order valence-corrected chi connectivity index (χ2v) is 9.38. The van der Waals surface area contributed by atoms with Crippen LogP contribution in [0.15, 0.2) is 28.8 Å². The average molecular weight is 548 g/mol. The van der Waals surface area contributed by atoms with Gasteiger partial charge in [0.25, 0.3) is 5.91 Å². The highest BCUT2D eigenvalue weighted by Gasteiger charge is 2.31. The van der Waals surface area contributed by atoms with Crippen molar-refractivity contribution in [1.29, 1.82) is 0 Å². The third-order valence-corrected chi connectivity index (χ3v) is 6.20. The Labute approximate surface area is 228 Å². The van der Waals surface area contributed by atoms with Gasteiger partial charge in [-0.25, -0.2) is 0 Å². The standard InChI is InChI=1S/C24H25BN8O7/c1-39-20-13(21-28-17(40-32-21)11-33-9-3-6-18(33)34)4-2-5-14(20)26-15-10-16(27-22(35)12-7-8-12)30-31-19(15)23(36)29-24(25,37)38/h2,4-5,10,12,37-38H,3,6-9,11H2,1H3,(H,29,36)(H2,26,27,30,35). The second kappa shape index (κ2) is 10.9. The largest absolute Gasteiger partial charge is 0.494 e. The molecule has 1 saturated carbocycles. The van der Waals surface area contributed by atoms with Gasteiger partial charge in [-0.15, -0.1) is 10.2 Å². The molecule has 3 amide bonds. The van der Waals surface area contributed by atoms with Crippen LogP contribution in [0.25, 0.3) is 11.4 Å². The van der Waals surface area contributed by atoms with Gasteiger partial charge in [0.05, 0.1) is 30.6 Å². The summed E-state index contributed by atoms with van der Waals surface area (Å²) < 4.78 is 11.0. The molecule has 0 bridgehead atoms. The number of para-hydroxylation sites is 1. The highest BCUT2D eigenvalue weighted by molar-refractivity contribution is 6.15. The molecule has 40 heavy (non-hydrogen) atoms. The normalized spacial score (nSPS) is 15.2. The summed E-state index contributed by atoms with van der Waals surface area (Å²) in [6, 6.07) is 6.37. The van der Waals surface area contributed by atoms with Gasteiger partial charge in [-0.3, -0.25) is 14.4 Å². The number of aromatic nitrogens is 4. The number of carbonyl (C=O) groups is 3. The molecule has 0 spiro atoms. The van der Waals surface area contributed by atoms with Crippen LogP contribution >= 0.6 is 0 Å². The molecular formula is C24H25BN8O7.